The molecule has 3 fully saturated rings. The third kappa shape index (κ3) is 5.51. The summed E-state index contributed by atoms with van der Waals surface area (Å²) in [6.45, 7) is 5.24. The Bertz CT molecular complexity index is 1350. The molecule has 3 aromatic rings. The number of sulfonamides is 1. The fourth-order valence-corrected chi connectivity index (χ4v) is 7.74. The van der Waals surface area contributed by atoms with E-state index in [-0.39, 0.29) is 0 Å². The van der Waals surface area contributed by atoms with Crippen LogP contribution >= 0.6 is 0 Å². The number of benzene rings is 2. The first-order chi connectivity index (χ1) is 18.6. The maximum atomic E-state index is 13.4. The first kappa shape index (κ1) is 25.5. The largest absolute Gasteiger partial charge is 0.356 e. The van der Waals surface area contributed by atoms with Crippen LogP contribution in [0, 0.1) is 0 Å². The second kappa shape index (κ2) is 11.2. The molecule has 0 aliphatic carbocycles. The molecule has 0 spiro atoms. The van der Waals surface area contributed by atoms with Crippen molar-refractivity contribution in [3.63, 3.8) is 0 Å². The molecule has 0 radical (unpaired) electrons. The Hall–Kier alpha value is -2.75. The second-order valence-electron chi connectivity index (χ2n) is 10.9. The summed E-state index contributed by atoms with van der Waals surface area (Å²) in [7, 11) is -3.49. The van der Waals surface area contributed by atoms with Gasteiger partial charge in [0.15, 0.2) is 0 Å². The smallest absolute Gasteiger partial charge is 0.243 e. The van der Waals surface area contributed by atoms with E-state index in [9.17, 15) is 8.42 Å². The van der Waals surface area contributed by atoms with Crippen LogP contribution in [0.3, 0.4) is 0 Å². The van der Waals surface area contributed by atoms with Crippen molar-refractivity contribution in [1.29, 1.82) is 0 Å². The van der Waals surface area contributed by atoms with Gasteiger partial charge in [0.25, 0.3) is 0 Å². The zero-order valence-electron chi connectivity index (χ0n) is 22.0. The van der Waals surface area contributed by atoms with Crippen LogP contribution in [0.25, 0.3) is 10.8 Å². The number of fused-ring (bicyclic) bond motifs is 1. The first-order valence-electron chi connectivity index (χ1n) is 14.1. The summed E-state index contributed by atoms with van der Waals surface area (Å²) in [5.74, 6) is 1.74. The highest BCUT2D eigenvalue weighted by Crippen LogP contribution is 2.28. The summed E-state index contributed by atoms with van der Waals surface area (Å²) in [4.78, 5) is 14.6. The Morgan fingerprint density at radius 3 is 2.37 bits per heavy atom. The average molecular weight is 535 g/mol. The summed E-state index contributed by atoms with van der Waals surface area (Å²) in [6.07, 6.45) is 9.71. The minimum atomic E-state index is -3.49. The van der Waals surface area contributed by atoms with Crippen LogP contribution in [0.4, 0.5) is 11.8 Å². The van der Waals surface area contributed by atoms with Gasteiger partial charge in [0.2, 0.25) is 16.0 Å². The van der Waals surface area contributed by atoms with Crippen molar-refractivity contribution in [2.24, 2.45) is 0 Å². The summed E-state index contributed by atoms with van der Waals surface area (Å²) >= 11 is 0. The fraction of sp³-hybridized carbons (Fsp3) is 0.517. The molecule has 6 rings (SSSR count). The molecule has 9 heteroatoms. The molecule has 0 amide bonds. The molecule has 3 aliphatic heterocycles. The molecule has 1 N–H and O–H groups in total. The third-order valence-electron chi connectivity index (χ3n) is 8.42. The molecule has 38 heavy (non-hydrogen) atoms. The number of nitrogens with one attached hydrogen (secondary N) is 1. The van der Waals surface area contributed by atoms with Gasteiger partial charge in [-0.2, -0.15) is 9.29 Å². The van der Waals surface area contributed by atoms with E-state index in [1.54, 1.807) is 16.4 Å². The molecular weight excluding hydrogens is 496 g/mol. The van der Waals surface area contributed by atoms with Crippen LogP contribution in [0.5, 0.6) is 0 Å². The van der Waals surface area contributed by atoms with Crippen molar-refractivity contribution in [3.8, 4) is 0 Å². The molecular formula is C29H38N6O2S. The summed E-state index contributed by atoms with van der Waals surface area (Å²) in [5.41, 5.74) is 0. The van der Waals surface area contributed by atoms with E-state index in [0.717, 1.165) is 68.0 Å². The van der Waals surface area contributed by atoms with Crippen molar-refractivity contribution in [3.05, 3.63) is 54.7 Å². The van der Waals surface area contributed by atoms with Gasteiger partial charge in [0.05, 0.1) is 4.90 Å². The van der Waals surface area contributed by atoms with E-state index in [1.807, 2.05) is 42.6 Å². The van der Waals surface area contributed by atoms with Crippen molar-refractivity contribution in [2.75, 3.05) is 49.5 Å². The summed E-state index contributed by atoms with van der Waals surface area (Å²) in [5, 5.41) is 5.59. The van der Waals surface area contributed by atoms with Crippen LogP contribution in [0.2, 0.25) is 0 Å². The van der Waals surface area contributed by atoms with Crippen molar-refractivity contribution < 1.29 is 8.42 Å². The molecule has 4 heterocycles. The molecule has 3 aliphatic rings. The Morgan fingerprint density at radius 2 is 1.58 bits per heavy atom. The predicted molar refractivity (Wildman–Crippen MR) is 152 cm³/mol. The SMILES string of the molecule is O=S(=O)(c1ccc2ccccc2c1)N1CCC(N2CCC(Nc3nccc(N4CCCCCC4)n3)C2)CC1. The van der Waals surface area contributed by atoms with Crippen LogP contribution in [-0.2, 0) is 10.0 Å². The maximum Gasteiger partial charge on any atom is 0.243 e. The van der Waals surface area contributed by atoms with Gasteiger partial charge in [0, 0.05) is 57.5 Å². The van der Waals surface area contributed by atoms with Crippen molar-refractivity contribution >= 4 is 32.6 Å². The van der Waals surface area contributed by atoms with Crippen molar-refractivity contribution in [1.82, 2.24) is 19.2 Å². The molecule has 1 aromatic heterocycles. The van der Waals surface area contributed by atoms with Gasteiger partial charge >= 0.3 is 0 Å². The lowest BCUT2D eigenvalue weighted by atomic mass is 10.1. The summed E-state index contributed by atoms with van der Waals surface area (Å²) in [6, 6.07) is 16.1. The number of rotatable bonds is 6. The Morgan fingerprint density at radius 1 is 0.816 bits per heavy atom. The quantitative estimate of drug-likeness (QED) is 0.504. The topological polar surface area (TPSA) is 81.7 Å². The van der Waals surface area contributed by atoms with Crippen LogP contribution < -0.4 is 10.2 Å². The highest BCUT2D eigenvalue weighted by molar-refractivity contribution is 7.89. The highest BCUT2D eigenvalue weighted by atomic mass is 32.2. The van der Waals surface area contributed by atoms with Gasteiger partial charge in [-0.05, 0) is 61.1 Å². The van der Waals surface area contributed by atoms with E-state index in [4.69, 9.17) is 4.98 Å². The van der Waals surface area contributed by atoms with E-state index in [1.165, 1.54) is 25.7 Å². The van der Waals surface area contributed by atoms with Gasteiger partial charge in [-0.25, -0.2) is 13.4 Å². The molecule has 8 nitrogen and oxygen atoms in total. The highest BCUT2D eigenvalue weighted by Gasteiger charge is 2.34. The Balaban J connectivity index is 1.03. The minimum absolute atomic E-state index is 0.314. The fourth-order valence-electron chi connectivity index (χ4n) is 6.24. The number of likely N-dealkylation sites (tertiary alicyclic amines) is 1. The van der Waals surface area contributed by atoms with Crippen molar-refractivity contribution in [2.45, 2.75) is 61.9 Å². The number of anilines is 2. The standard InChI is InChI=1S/C29H38N6O2S/c36-38(37,27-10-9-23-7-3-4-8-24(23)21-27)35-19-13-26(14-20-35)34-18-12-25(22-34)31-29-30-15-11-28(32-29)33-16-5-1-2-6-17-33/h3-4,7-11,15,21,25-26H,1-2,5-6,12-14,16-20,22H2,(H,30,31,32). The van der Waals surface area contributed by atoms with E-state index in [0.29, 0.717) is 30.1 Å². The molecule has 1 unspecified atom stereocenters. The monoisotopic (exact) mass is 534 g/mol. The van der Waals surface area contributed by atoms with Crippen LogP contribution in [-0.4, -0.2) is 78.9 Å². The molecule has 202 valence electrons. The number of hydrogen-bond donors (Lipinski definition) is 1. The van der Waals surface area contributed by atoms with Gasteiger partial charge < -0.3 is 10.2 Å². The van der Waals surface area contributed by atoms with Gasteiger partial charge in [0.1, 0.15) is 5.82 Å². The predicted octanol–water partition coefficient (Wildman–Crippen LogP) is 4.35. The van der Waals surface area contributed by atoms with Crippen LogP contribution in [0.1, 0.15) is 44.9 Å². The van der Waals surface area contributed by atoms with E-state index >= 15 is 0 Å². The summed E-state index contributed by atoms with van der Waals surface area (Å²) < 4.78 is 28.4. The van der Waals surface area contributed by atoms with Gasteiger partial charge in [-0.15, -0.1) is 0 Å². The normalized spacial score (nSPS) is 22.5. The van der Waals surface area contributed by atoms with E-state index in [2.05, 4.69) is 20.1 Å². The lowest BCUT2D eigenvalue weighted by molar-refractivity contribution is 0.167. The number of piperidine rings is 1. The number of nitrogens with zero attached hydrogens (tertiary/aromatic N) is 5. The molecule has 2 aromatic carbocycles. The Kier molecular flexibility index (Phi) is 7.50. The van der Waals surface area contributed by atoms with E-state index < -0.39 is 10.0 Å². The second-order valence-corrected chi connectivity index (χ2v) is 12.8. The van der Waals surface area contributed by atoms with Crippen LogP contribution in [0.15, 0.2) is 59.6 Å². The lowest BCUT2D eigenvalue weighted by Gasteiger charge is -2.36. The maximum absolute atomic E-state index is 13.4. The number of aromatic nitrogens is 2. The zero-order chi connectivity index (χ0) is 26.0. The lowest BCUT2D eigenvalue weighted by Crippen LogP contribution is -2.46. The van der Waals surface area contributed by atoms with Gasteiger partial charge in [-0.3, -0.25) is 4.90 Å². The number of hydrogen-bond acceptors (Lipinski definition) is 7. The average Bonchev–Trinajstić information content (AvgIpc) is 3.24. The Labute approximate surface area is 226 Å². The molecule has 3 saturated heterocycles. The van der Waals surface area contributed by atoms with Gasteiger partial charge in [-0.1, -0.05) is 43.2 Å². The minimum Gasteiger partial charge on any atom is -0.356 e. The third-order valence-corrected chi connectivity index (χ3v) is 10.3. The molecule has 0 bridgehead atoms. The molecule has 1 atom stereocenters. The zero-order valence-corrected chi connectivity index (χ0v) is 22.8. The first-order valence-corrected chi connectivity index (χ1v) is 15.6. The molecule has 0 saturated carbocycles.